The molecule has 0 aliphatic carbocycles. The van der Waals surface area contributed by atoms with Gasteiger partial charge in [0.05, 0.1) is 41.7 Å². The highest BCUT2D eigenvalue weighted by molar-refractivity contribution is 6.13. The minimum absolute atomic E-state index is 0.0299. The number of aromatic nitrogens is 8. The van der Waals surface area contributed by atoms with Crippen LogP contribution in [0.2, 0.25) is 0 Å². The maximum Gasteiger partial charge on any atom is 0.335 e. The molecule has 0 spiro atoms. The van der Waals surface area contributed by atoms with E-state index in [0.717, 1.165) is 23.4 Å². The Morgan fingerprint density at radius 1 is 0.829 bits per heavy atom. The molecule has 0 radical (unpaired) electrons. The second kappa shape index (κ2) is 22.4. The van der Waals surface area contributed by atoms with Crippen LogP contribution in [0.25, 0.3) is 22.1 Å². The maximum absolute atomic E-state index is 13.7. The Kier molecular flexibility index (Phi) is 16.3. The number of hydrogen-bond donors (Lipinski definition) is 4. The molecule has 5 amide bonds. The predicted molar refractivity (Wildman–Crippen MR) is 257 cm³/mol. The zero-order valence-corrected chi connectivity index (χ0v) is 39.9. The van der Waals surface area contributed by atoms with Gasteiger partial charge in [-0.15, -0.1) is 0 Å². The number of nitrogens with two attached hydrogens (primary N) is 1. The zero-order valence-electron chi connectivity index (χ0n) is 39.9. The number of fused-ring (bicyclic) bond motifs is 2. The fourth-order valence-corrected chi connectivity index (χ4v) is 7.70. The average Bonchev–Trinajstić information content (AvgIpc) is 4.16. The molecule has 4 aromatic heterocycles. The molecule has 2 aromatic carbocycles. The van der Waals surface area contributed by atoms with Gasteiger partial charge in [-0.05, 0) is 70.5 Å². The molecule has 0 unspecified atom stereocenters. The second-order valence-electron chi connectivity index (χ2n) is 15.9. The van der Waals surface area contributed by atoms with E-state index < -0.39 is 29.6 Å². The number of nitrogens with zero attached hydrogens (tertiary/aromatic N) is 10. The molecular formula is C47H55N13O10. The van der Waals surface area contributed by atoms with E-state index in [4.69, 9.17) is 20.2 Å². The number of allylic oxidation sites excluding steroid dienone is 2. The Morgan fingerprint density at radius 2 is 1.41 bits per heavy atom. The fraction of sp³-hybridized carbons (Fsp3) is 0.340. The molecule has 23 heteroatoms. The fourth-order valence-electron chi connectivity index (χ4n) is 7.70. The van der Waals surface area contributed by atoms with Crippen molar-refractivity contribution in [1.82, 2.24) is 48.5 Å². The van der Waals surface area contributed by atoms with E-state index in [-0.39, 0.29) is 67.9 Å². The van der Waals surface area contributed by atoms with Crippen molar-refractivity contribution >= 4 is 75.8 Å². The molecular weight excluding hydrogens is 907 g/mol. The Hall–Kier alpha value is -8.63. The number of primary amides is 1. The van der Waals surface area contributed by atoms with Gasteiger partial charge in [-0.2, -0.15) is 10.2 Å². The zero-order chi connectivity index (χ0) is 50.8. The highest BCUT2D eigenvalue weighted by Crippen LogP contribution is 2.33. The topological polar surface area (TPSA) is 286 Å². The molecule has 70 heavy (non-hydrogen) atoms. The normalized spacial score (nSPS) is 12.2. The van der Waals surface area contributed by atoms with Gasteiger partial charge >= 0.3 is 5.97 Å². The molecule has 7 rings (SSSR count). The van der Waals surface area contributed by atoms with E-state index in [1.54, 1.807) is 47.1 Å². The van der Waals surface area contributed by atoms with Crippen molar-refractivity contribution in [2.75, 3.05) is 51.5 Å². The molecule has 0 saturated carbocycles. The van der Waals surface area contributed by atoms with Gasteiger partial charge in [0.2, 0.25) is 23.7 Å². The number of aromatic carboxylic acids is 1. The van der Waals surface area contributed by atoms with Crippen LogP contribution in [0.15, 0.2) is 60.7 Å². The smallest absolute Gasteiger partial charge is 0.335 e. The SMILES string of the molecule is CCn1nc(C)cc1C(=O)Nc1nc2cc(C(N)=O)cc(OCCCN(C)C(=O)CCN3C(=O)C=CC3=O)c2n1C/C=C/Cn1c(NC)nc2cc(C(=O)O)cc(OC)c21.CCn1nc(C)cc1C=O. The molecule has 6 aromatic rings. The third kappa shape index (κ3) is 11.4. The Labute approximate surface area is 401 Å². The first-order valence-electron chi connectivity index (χ1n) is 22.3. The highest BCUT2D eigenvalue weighted by Gasteiger charge is 2.25. The lowest BCUT2D eigenvalue weighted by Crippen LogP contribution is -2.36. The quantitative estimate of drug-likeness (QED) is 0.0345. The van der Waals surface area contributed by atoms with Crippen LogP contribution in [0, 0.1) is 13.8 Å². The number of carbonyl (C=O) groups excluding carboxylic acids is 6. The van der Waals surface area contributed by atoms with Crippen LogP contribution < -0.4 is 25.8 Å². The summed E-state index contributed by atoms with van der Waals surface area (Å²) in [5, 5.41) is 24.0. The standard InChI is InChI=1S/C40H45N11O9.C7H10N2O/c1-6-51-28(18-23(2)46-51)37(56)45-40-44-26-19-24(36(41)55)21-30(60-17-9-13-47(4)31(52)12-16-48-32(53)10-11-33(48)54)35(26)50(40)15-8-7-14-49-34-27(43-39(49)42-3)20-25(38(57)58)22-29(34)59-5;1-3-9-7(5-10)4-6(2)8-9/h7-8,10-11,18-22H,6,9,12-17H2,1-5H3,(H2,41,55)(H,42,43)(H,57,58)(H,44,45,56);4-5H,3H2,1-2H3/b8-7+;. The second-order valence-corrected chi connectivity index (χ2v) is 15.9. The van der Waals surface area contributed by atoms with Crippen molar-refractivity contribution < 1.29 is 48.1 Å². The molecule has 0 saturated heterocycles. The summed E-state index contributed by atoms with van der Waals surface area (Å²) in [5.41, 5.74) is 10.2. The number of imide groups is 1. The number of rotatable bonds is 21. The maximum atomic E-state index is 13.7. The third-order valence-corrected chi connectivity index (χ3v) is 11.1. The minimum atomic E-state index is -1.12. The first-order valence-corrected chi connectivity index (χ1v) is 22.3. The van der Waals surface area contributed by atoms with E-state index in [1.165, 1.54) is 48.4 Å². The molecule has 5 heterocycles. The van der Waals surface area contributed by atoms with Crippen LogP contribution >= 0.6 is 0 Å². The largest absolute Gasteiger partial charge is 0.494 e. The molecule has 5 N–H and O–H groups in total. The number of nitrogens with one attached hydrogen (secondary N) is 2. The monoisotopic (exact) mass is 961 g/mol. The minimum Gasteiger partial charge on any atom is -0.494 e. The average molecular weight is 962 g/mol. The van der Waals surface area contributed by atoms with Crippen molar-refractivity contribution in [3.05, 3.63) is 94.6 Å². The van der Waals surface area contributed by atoms with Crippen LogP contribution in [0.5, 0.6) is 11.5 Å². The lowest BCUT2D eigenvalue weighted by Gasteiger charge is -2.19. The molecule has 0 bridgehead atoms. The Morgan fingerprint density at radius 3 is 2.00 bits per heavy atom. The van der Waals surface area contributed by atoms with E-state index in [1.807, 2.05) is 37.5 Å². The molecule has 0 fully saturated rings. The van der Waals surface area contributed by atoms with E-state index in [0.29, 0.717) is 63.8 Å². The summed E-state index contributed by atoms with van der Waals surface area (Å²) in [6, 6.07) is 9.34. The van der Waals surface area contributed by atoms with Gasteiger partial charge in [-0.25, -0.2) is 14.8 Å². The summed E-state index contributed by atoms with van der Waals surface area (Å²) in [4.78, 5) is 96.6. The first-order chi connectivity index (χ1) is 33.5. The number of methoxy groups -OCH3 is 1. The van der Waals surface area contributed by atoms with Crippen LogP contribution in [0.3, 0.4) is 0 Å². The van der Waals surface area contributed by atoms with E-state index in [2.05, 4.69) is 25.8 Å². The number of imidazole rings is 2. The number of hydrogen-bond acceptors (Lipinski definition) is 14. The number of carboxylic acids is 1. The summed E-state index contributed by atoms with van der Waals surface area (Å²) in [6.07, 6.45) is 7.19. The van der Waals surface area contributed by atoms with Gasteiger partial charge < -0.3 is 39.7 Å². The summed E-state index contributed by atoms with van der Waals surface area (Å²) in [5.74, 6) is -2.29. The number of carbonyl (C=O) groups is 7. The van der Waals surface area contributed by atoms with Crippen molar-refractivity contribution in [1.29, 1.82) is 0 Å². The summed E-state index contributed by atoms with van der Waals surface area (Å²) < 4.78 is 18.6. The van der Waals surface area contributed by atoms with Crippen molar-refractivity contribution in [2.24, 2.45) is 5.73 Å². The Balaban J connectivity index is 0.000000714. The van der Waals surface area contributed by atoms with Gasteiger partial charge in [0.1, 0.15) is 33.9 Å². The van der Waals surface area contributed by atoms with Crippen LogP contribution in [-0.4, -0.2) is 136 Å². The predicted octanol–water partition coefficient (Wildman–Crippen LogP) is 3.83. The number of aldehydes is 1. The van der Waals surface area contributed by atoms with Gasteiger partial charge in [0.25, 0.3) is 17.7 Å². The number of carboxylic acid groups (broad SMARTS) is 1. The number of amides is 5. The summed E-state index contributed by atoms with van der Waals surface area (Å²) in [7, 11) is 4.76. The van der Waals surface area contributed by atoms with Gasteiger partial charge in [-0.1, -0.05) is 12.2 Å². The number of ether oxygens (including phenoxy) is 2. The molecule has 0 atom stereocenters. The van der Waals surface area contributed by atoms with E-state index >= 15 is 0 Å². The van der Waals surface area contributed by atoms with Crippen LogP contribution in [0.1, 0.15) is 79.8 Å². The summed E-state index contributed by atoms with van der Waals surface area (Å²) in [6.45, 7) is 9.47. The number of aryl methyl sites for hydroxylation is 4. The molecule has 1 aliphatic heterocycles. The van der Waals surface area contributed by atoms with Crippen molar-refractivity contribution in [3.63, 3.8) is 0 Å². The van der Waals surface area contributed by atoms with Crippen molar-refractivity contribution in [2.45, 2.75) is 66.7 Å². The van der Waals surface area contributed by atoms with Crippen LogP contribution in [-0.2, 0) is 40.6 Å². The van der Waals surface area contributed by atoms with Gasteiger partial charge in [-0.3, -0.25) is 48.3 Å². The first kappa shape index (κ1) is 50.8. The van der Waals surface area contributed by atoms with Crippen LogP contribution in [0.4, 0.5) is 11.9 Å². The molecule has 368 valence electrons. The van der Waals surface area contributed by atoms with Crippen molar-refractivity contribution in [3.8, 4) is 11.5 Å². The molecule has 23 nitrogen and oxygen atoms in total. The highest BCUT2D eigenvalue weighted by atomic mass is 16.5. The lowest BCUT2D eigenvalue weighted by molar-refractivity contribution is -0.138. The van der Waals surface area contributed by atoms with E-state index in [9.17, 15) is 38.7 Å². The summed E-state index contributed by atoms with van der Waals surface area (Å²) >= 11 is 0. The van der Waals surface area contributed by atoms with Gasteiger partial charge in [0.15, 0.2) is 6.29 Å². The third-order valence-electron chi connectivity index (χ3n) is 11.1. The Bertz CT molecular complexity index is 3030. The lowest BCUT2D eigenvalue weighted by atomic mass is 10.1. The molecule has 1 aliphatic rings. The number of benzene rings is 2. The van der Waals surface area contributed by atoms with Gasteiger partial charge in [0, 0.05) is 77.5 Å². The number of anilines is 2.